The highest BCUT2D eigenvalue weighted by atomic mass is 79.9. The van der Waals surface area contributed by atoms with Gasteiger partial charge in [0.05, 0.1) is 10.6 Å². The summed E-state index contributed by atoms with van der Waals surface area (Å²) in [5.41, 5.74) is 2.54. The molecule has 1 aliphatic rings. The molecule has 1 aliphatic heterocycles. The number of carbonyl (C=O) groups excluding carboxylic acids is 1. The molecule has 7 heteroatoms. The highest BCUT2D eigenvalue weighted by Crippen LogP contribution is 2.28. The number of ether oxygens (including phenoxy) is 1. The Bertz CT molecular complexity index is 1110. The summed E-state index contributed by atoms with van der Waals surface area (Å²) < 4.78 is 19.8. The summed E-state index contributed by atoms with van der Waals surface area (Å²) in [6.45, 7) is 0.481. The van der Waals surface area contributed by atoms with Crippen LogP contribution in [0.25, 0.3) is 6.08 Å². The summed E-state index contributed by atoms with van der Waals surface area (Å²) in [4.78, 5) is 17.1. The number of benzene rings is 3. The van der Waals surface area contributed by atoms with Crippen molar-refractivity contribution >= 4 is 50.5 Å². The molecule has 0 aliphatic carbocycles. The number of nitrogens with one attached hydrogen (secondary N) is 1. The maximum Gasteiger partial charge on any atom is 0.264 e. The molecule has 0 spiro atoms. The van der Waals surface area contributed by atoms with Crippen LogP contribution < -0.4 is 10.1 Å². The molecule has 30 heavy (non-hydrogen) atoms. The molecular weight excluding hydrogens is 467 g/mol. The molecule has 0 atom stereocenters. The molecule has 0 saturated carbocycles. The van der Waals surface area contributed by atoms with Crippen LogP contribution >= 0.6 is 27.7 Å². The smallest absolute Gasteiger partial charge is 0.264 e. The normalized spacial score (nSPS) is 16.1. The van der Waals surface area contributed by atoms with Gasteiger partial charge in [-0.15, -0.1) is 0 Å². The first-order chi connectivity index (χ1) is 14.5. The van der Waals surface area contributed by atoms with E-state index in [1.165, 1.54) is 23.9 Å². The van der Waals surface area contributed by atoms with Crippen molar-refractivity contribution in [3.05, 3.63) is 99.1 Å². The zero-order chi connectivity index (χ0) is 20.9. The lowest BCUT2D eigenvalue weighted by atomic mass is 10.2. The number of amides is 1. The molecule has 0 aromatic heterocycles. The fourth-order valence-corrected chi connectivity index (χ4v) is 3.78. The summed E-state index contributed by atoms with van der Waals surface area (Å²) in [7, 11) is 0. The molecule has 1 amide bonds. The van der Waals surface area contributed by atoms with Gasteiger partial charge in [-0.25, -0.2) is 9.38 Å². The van der Waals surface area contributed by atoms with E-state index in [0.717, 1.165) is 21.3 Å². The zero-order valence-corrected chi connectivity index (χ0v) is 18.0. The van der Waals surface area contributed by atoms with Crippen LogP contribution in [0.15, 0.2) is 87.2 Å². The lowest BCUT2D eigenvalue weighted by Gasteiger charge is -2.06. The first-order valence-electron chi connectivity index (χ1n) is 9.08. The third kappa shape index (κ3) is 5.37. The van der Waals surface area contributed by atoms with E-state index in [2.05, 4.69) is 26.2 Å². The Morgan fingerprint density at radius 2 is 1.70 bits per heavy atom. The number of rotatable bonds is 5. The summed E-state index contributed by atoms with van der Waals surface area (Å²) in [6.07, 6.45) is 1.80. The fraction of sp³-hybridized carbons (Fsp3) is 0.0435. The van der Waals surface area contributed by atoms with Crippen LogP contribution in [-0.2, 0) is 11.4 Å². The van der Waals surface area contributed by atoms with E-state index in [1.54, 1.807) is 18.2 Å². The molecule has 3 aromatic carbocycles. The molecule has 1 heterocycles. The van der Waals surface area contributed by atoms with Crippen LogP contribution in [0.5, 0.6) is 5.75 Å². The van der Waals surface area contributed by atoms with E-state index in [4.69, 9.17) is 4.74 Å². The number of hydrogen-bond acceptors (Lipinski definition) is 4. The van der Waals surface area contributed by atoms with Crippen molar-refractivity contribution in [2.45, 2.75) is 6.61 Å². The van der Waals surface area contributed by atoms with Crippen LogP contribution in [0.3, 0.4) is 0 Å². The van der Waals surface area contributed by atoms with Crippen LogP contribution in [0, 0.1) is 5.82 Å². The molecule has 4 rings (SSSR count). The van der Waals surface area contributed by atoms with Crippen molar-refractivity contribution < 1.29 is 13.9 Å². The molecular formula is C23H16BrFN2O2S. The molecule has 0 bridgehead atoms. The van der Waals surface area contributed by atoms with Crippen molar-refractivity contribution in [3.8, 4) is 5.75 Å². The van der Waals surface area contributed by atoms with Gasteiger partial charge in [0.15, 0.2) is 5.17 Å². The predicted molar refractivity (Wildman–Crippen MR) is 122 cm³/mol. The van der Waals surface area contributed by atoms with E-state index < -0.39 is 0 Å². The zero-order valence-electron chi connectivity index (χ0n) is 15.6. The third-order valence-corrected chi connectivity index (χ3v) is 5.64. The number of amidine groups is 1. The standard InChI is InChI=1S/C23H16BrFN2O2S/c24-17-5-1-16(2-6-17)14-29-20-11-3-15(4-12-20)13-21-22(28)27-23(30-21)26-19-9-7-18(25)8-10-19/h1-13H,14H2,(H,26,27,28). The van der Waals surface area contributed by atoms with Crippen molar-refractivity contribution in [1.82, 2.24) is 5.32 Å². The van der Waals surface area contributed by atoms with Crippen LogP contribution in [-0.4, -0.2) is 11.1 Å². The van der Waals surface area contributed by atoms with Gasteiger partial charge in [0.2, 0.25) is 0 Å². The highest BCUT2D eigenvalue weighted by Gasteiger charge is 2.23. The molecule has 1 fully saturated rings. The summed E-state index contributed by atoms with van der Waals surface area (Å²) in [5.74, 6) is 0.213. The monoisotopic (exact) mass is 482 g/mol. The summed E-state index contributed by atoms with van der Waals surface area (Å²) >= 11 is 4.66. The van der Waals surface area contributed by atoms with Gasteiger partial charge in [-0.2, -0.15) is 0 Å². The van der Waals surface area contributed by atoms with Crippen LogP contribution in [0.4, 0.5) is 10.1 Å². The van der Waals surface area contributed by atoms with Crippen molar-refractivity contribution in [2.24, 2.45) is 4.99 Å². The average Bonchev–Trinajstić information content (AvgIpc) is 3.09. The molecule has 1 N–H and O–H groups in total. The van der Waals surface area contributed by atoms with Crippen molar-refractivity contribution in [1.29, 1.82) is 0 Å². The number of thioether (sulfide) groups is 1. The van der Waals surface area contributed by atoms with Crippen molar-refractivity contribution in [3.63, 3.8) is 0 Å². The first-order valence-corrected chi connectivity index (χ1v) is 10.7. The van der Waals surface area contributed by atoms with E-state index in [-0.39, 0.29) is 11.7 Å². The summed E-state index contributed by atoms with van der Waals surface area (Å²) in [6, 6.07) is 21.3. The average molecular weight is 483 g/mol. The van der Waals surface area contributed by atoms with Gasteiger partial charge >= 0.3 is 0 Å². The third-order valence-electron chi connectivity index (χ3n) is 4.20. The minimum absolute atomic E-state index is 0.212. The predicted octanol–water partition coefficient (Wildman–Crippen LogP) is 6.06. The lowest BCUT2D eigenvalue weighted by molar-refractivity contribution is -0.115. The van der Waals surface area contributed by atoms with E-state index in [0.29, 0.717) is 22.4 Å². The number of nitrogens with zero attached hydrogens (tertiary/aromatic N) is 1. The van der Waals surface area contributed by atoms with Gasteiger partial charge in [-0.3, -0.25) is 4.79 Å². The summed E-state index contributed by atoms with van der Waals surface area (Å²) in [5, 5.41) is 3.19. The maximum atomic E-state index is 13.0. The van der Waals surface area contributed by atoms with Gasteiger partial charge in [-0.1, -0.05) is 40.2 Å². The van der Waals surface area contributed by atoms with Gasteiger partial charge in [0.1, 0.15) is 18.2 Å². The molecule has 3 aromatic rings. The minimum Gasteiger partial charge on any atom is -0.489 e. The minimum atomic E-state index is -0.327. The molecule has 150 valence electrons. The maximum absolute atomic E-state index is 13.0. The topological polar surface area (TPSA) is 50.7 Å². The molecule has 4 nitrogen and oxygen atoms in total. The number of hydrogen-bond donors (Lipinski definition) is 1. The van der Waals surface area contributed by atoms with Gasteiger partial charge in [-0.05, 0) is 77.5 Å². The van der Waals surface area contributed by atoms with Crippen LogP contribution in [0.2, 0.25) is 0 Å². The lowest BCUT2D eigenvalue weighted by Crippen LogP contribution is -2.19. The SMILES string of the molecule is O=C1NC(=Nc2ccc(F)cc2)SC1=Cc1ccc(OCc2ccc(Br)cc2)cc1. The van der Waals surface area contributed by atoms with E-state index >= 15 is 0 Å². The Morgan fingerprint density at radius 3 is 2.40 bits per heavy atom. The van der Waals surface area contributed by atoms with Gasteiger partial charge in [0.25, 0.3) is 5.91 Å². The number of carbonyl (C=O) groups is 1. The quantitative estimate of drug-likeness (QED) is 0.449. The Labute approximate surface area is 186 Å². The second-order valence-electron chi connectivity index (χ2n) is 6.44. The van der Waals surface area contributed by atoms with E-state index in [1.807, 2.05) is 48.5 Å². The largest absolute Gasteiger partial charge is 0.489 e. The number of aliphatic imine (C=N–C) groups is 1. The Balaban J connectivity index is 1.39. The van der Waals surface area contributed by atoms with Crippen LogP contribution in [0.1, 0.15) is 11.1 Å². The first kappa shape index (κ1) is 20.4. The Hall–Kier alpha value is -2.90. The molecule has 0 radical (unpaired) electrons. The highest BCUT2D eigenvalue weighted by molar-refractivity contribution is 9.10. The van der Waals surface area contributed by atoms with E-state index in [9.17, 15) is 9.18 Å². The second kappa shape index (κ2) is 9.28. The van der Waals surface area contributed by atoms with Gasteiger partial charge < -0.3 is 10.1 Å². The second-order valence-corrected chi connectivity index (χ2v) is 8.39. The Morgan fingerprint density at radius 1 is 1.00 bits per heavy atom. The van der Waals surface area contributed by atoms with Crippen molar-refractivity contribution in [2.75, 3.05) is 0 Å². The number of halogens is 2. The molecule has 0 unspecified atom stereocenters. The molecule has 1 saturated heterocycles. The Kier molecular flexibility index (Phi) is 6.30. The van der Waals surface area contributed by atoms with Gasteiger partial charge in [0, 0.05) is 4.47 Å². The fourth-order valence-electron chi connectivity index (χ4n) is 2.67.